The zero-order valence-electron chi connectivity index (χ0n) is 10.9. The Kier molecular flexibility index (Phi) is 3.87. The fraction of sp³-hybridized carbons (Fsp3) is 0.667. The molecule has 0 aliphatic heterocycles. The minimum atomic E-state index is -0.515. The first kappa shape index (κ1) is 14.0. The SMILES string of the molecule is CCC(C)(C)n1c(=O)[nH]c(Cl)c(C(C)C)c1=O. The monoisotopic (exact) mass is 258 g/mol. The van der Waals surface area contributed by atoms with Crippen LogP contribution in [0, 0.1) is 0 Å². The van der Waals surface area contributed by atoms with Crippen molar-refractivity contribution >= 4 is 11.6 Å². The first-order valence-corrected chi connectivity index (χ1v) is 6.15. The van der Waals surface area contributed by atoms with E-state index in [9.17, 15) is 9.59 Å². The second kappa shape index (κ2) is 4.69. The number of rotatable bonds is 3. The van der Waals surface area contributed by atoms with Crippen molar-refractivity contribution in [3.05, 3.63) is 31.6 Å². The number of aromatic amines is 1. The molecular weight excluding hydrogens is 240 g/mol. The van der Waals surface area contributed by atoms with Crippen molar-refractivity contribution in [1.29, 1.82) is 0 Å². The summed E-state index contributed by atoms with van der Waals surface area (Å²) in [6.45, 7) is 9.42. The molecule has 0 aliphatic carbocycles. The lowest BCUT2D eigenvalue weighted by atomic mass is 10.0. The van der Waals surface area contributed by atoms with Gasteiger partial charge in [-0.25, -0.2) is 4.79 Å². The first-order chi connectivity index (χ1) is 7.72. The van der Waals surface area contributed by atoms with Gasteiger partial charge in [-0.05, 0) is 26.2 Å². The molecular formula is C12H19ClN2O2. The van der Waals surface area contributed by atoms with E-state index in [1.165, 1.54) is 4.57 Å². The minimum absolute atomic E-state index is 0.0224. The van der Waals surface area contributed by atoms with E-state index in [-0.39, 0.29) is 16.6 Å². The van der Waals surface area contributed by atoms with Gasteiger partial charge in [0.2, 0.25) is 0 Å². The second-order valence-corrected chi connectivity index (χ2v) is 5.50. The fourth-order valence-electron chi connectivity index (χ4n) is 1.73. The van der Waals surface area contributed by atoms with Gasteiger partial charge in [0.25, 0.3) is 5.56 Å². The summed E-state index contributed by atoms with van der Waals surface area (Å²) < 4.78 is 1.26. The zero-order chi connectivity index (χ0) is 13.4. The molecule has 1 N–H and O–H groups in total. The largest absolute Gasteiger partial charge is 0.329 e. The highest BCUT2D eigenvalue weighted by molar-refractivity contribution is 6.30. The third-order valence-electron chi connectivity index (χ3n) is 3.14. The highest BCUT2D eigenvalue weighted by atomic mass is 35.5. The van der Waals surface area contributed by atoms with E-state index >= 15 is 0 Å². The summed E-state index contributed by atoms with van der Waals surface area (Å²) >= 11 is 5.93. The van der Waals surface area contributed by atoms with Gasteiger partial charge in [-0.2, -0.15) is 0 Å². The minimum Gasteiger partial charge on any atom is -0.297 e. The van der Waals surface area contributed by atoms with Crippen molar-refractivity contribution in [3.63, 3.8) is 0 Å². The average Bonchev–Trinajstić information content (AvgIpc) is 2.15. The van der Waals surface area contributed by atoms with Crippen molar-refractivity contribution in [2.24, 2.45) is 0 Å². The lowest BCUT2D eigenvalue weighted by Gasteiger charge is -2.25. The fourth-order valence-corrected chi connectivity index (χ4v) is 2.11. The molecule has 4 nitrogen and oxygen atoms in total. The molecule has 0 unspecified atom stereocenters. The molecule has 0 saturated heterocycles. The molecule has 0 saturated carbocycles. The van der Waals surface area contributed by atoms with Crippen molar-refractivity contribution in [3.8, 4) is 0 Å². The lowest BCUT2D eigenvalue weighted by Crippen LogP contribution is -2.47. The predicted octanol–water partition coefficient (Wildman–Crippen LogP) is 2.46. The number of nitrogens with zero attached hydrogens (tertiary/aromatic N) is 1. The van der Waals surface area contributed by atoms with Crippen LogP contribution in [0.15, 0.2) is 9.59 Å². The van der Waals surface area contributed by atoms with E-state index in [4.69, 9.17) is 11.6 Å². The van der Waals surface area contributed by atoms with E-state index in [0.717, 1.165) is 0 Å². The van der Waals surface area contributed by atoms with E-state index in [2.05, 4.69) is 4.98 Å². The van der Waals surface area contributed by atoms with Crippen LogP contribution >= 0.6 is 11.6 Å². The number of hydrogen-bond acceptors (Lipinski definition) is 2. The van der Waals surface area contributed by atoms with Crippen LogP contribution in [0.25, 0.3) is 0 Å². The molecule has 96 valence electrons. The third kappa shape index (κ3) is 2.46. The molecule has 17 heavy (non-hydrogen) atoms. The number of nitrogens with one attached hydrogen (secondary N) is 1. The van der Waals surface area contributed by atoms with Crippen LogP contribution in [0.2, 0.25) is 5.15 Å². The molecule has 0 aliphatic rings. The quantitative estimate of drug-likeness (QED) is 0.847. The Hall–Kier alpha value is -1.03. The Balaban J connectivity index is 3.70. The maximum atomic E-state index is 12.3. The third-order valence-corrected chi connectivity index (χ3v) is 3.44. The molecule has 0 atom stereocenters. The number of aromatic nitrogens is 2. The van der Waals surface area contributed by atoms with Gasteiger partial charge in [-0.3, -0.25) is 14.3 Å². The van der Waals surface area contributed by atoms with Crippen molar-refractivity contribution in [2.75, 3.05) is 0 Å². The van der Waals surface area contributed by atoms with Gasteiger partial charge in [0.15, 0.2) is 0 Å². The van der Waals surface area contributed by atoms with Crippen LogP contribution in [0.3, 0.4) is 0 Å². The molecule has 0 amide bonds. The Labute approximate surface area is 106 Å². The molecule has 5 heteroatoms. The van der Waals surface area contributed by atoms with Gasteiger partial charge < -0.3 is 0 Å². The highest BCUT2D eigenvalue weighted by Crippen LogP contribution is 2.20. The van der Waals surface area contributed by atoms with Crippen LogP contribution in [0.4, 0.5) is 0 Å². The van der Waals surface area contributed by atoms with Gasteiger partial charge in [0, 0.05) is 5.54 Å². The average molecular weight is 259 g/mol. The number of hydrogen-bond donors (Lipinski definition) is 1. The number of halogens is 1. The Morgan fingerprint density at radius 1 is 1.35 bits per heavy atom. The van der Waals surface area contributed by atoms with Gasteiger partial charge in [-0.1, -0.05) is 32.4 Å². The van der Waals surface area contributed by atoms with E-state index in [1.807, 2.05) is 34.6 Å². The number of H-pyrrole nitrogens is 1. The maximum absolute atomic E-state index is 12.3. The molecule has 1 heterocycles. The molecule has 0 spiro atoms. The summed E-state index contributed by atoms with van der Waals surface area (Å²) in [6, 6.07) is 0. The summed E-state index contributed by atoms with van der Waals surface area (Å²) in [6.07, 6.45) is 0.690. The Morgan fingerprint density at radius 3 is 2.29 bits per heavy atom. The molecule has 0 aromatic carbocycles. The molecule has 1 rings (SSSR count). The summed E-state index contributed by atoms with van der Waals surface area (Å²) in [4.78, 5) is 26.7. The Morgan fingerprint density at radius 2 is 1.88 bits per heavy atom. The van der Waals surface area contributed by atoms with Gasteiger partial charge >= 0.3 is 5.69 Å². The van der Waals surface area contributed by atoms with Crippen LogP contribution < -0.4 is 11.2 Å². The predicted molar refractivity (Wildman–Crippen MR) is 70.0 cm³/mol. The first-order valence-electron chi connectivity index (χ1n) is 5.77. The van der Waals surface area contributed by atoms with Crippen LogP contribution in [0.5, 0.6) is 0 Å². The highest BCUT2D eigenvalue weighted by Gasteiger charge is 2.25. The smallest absolute Gasteiger partial charge is 0.297 e. The molecule has 0 radical (unpaired) electrons. The van der Waals surface area contributed by atoms with Crippen LogP contribution in [-0.2, 0) is 5.54 Å². The van der Waals surface area contributed by atoms with Crippen molar-refractivity contribution < 1.29 is 0 Å². The molecule has 0 bridgehead atoms. The van der Waals surface area contributed by atoms with Crippen molar-refractivity contribution in [2.45, 2.75) is 52.5 Å². The van der Waals surface area contributed by atoms with E-state index < -0.39 is 11.2 Å². The van der Waals surface area contributed by atoms with Gasteiger partial charge in [0.1, 0.15) is 5.15 Å². The standard InChI is InChI=1S/C12H19ClN2O2/c1-6-12(4,5)15-10(16)8(7(2)3)9(13)14-11(15)17/h7H,6H2,1-5H3,(H,14,17). The topological polar surface area (TPSA) is 54.9 Å². The lowest BCUT2D eigenvalue weighted by molar-refractivity contribution is 0.315. The second-order valence-electron chi connectivity index (χ2n) is 5.12. The van der Waals surface area contributed by atoms with Crippen LogP contribution in [0.1, 0.15) is 52.5 Å². The summed E-state index contributed by atoms with van der Waals surface area (Å²) in [5, 5.41) is 0.151. The Bertz CT molecular complexity index is 526. The van der Waals surface area contributed by atoms with Crippen LogP contribution in [-0.4, -0.2) is 9.55 Å². The van der Waals surface area contributed by atoms with Gasteiger partial charge in [0.05, 0.1) is 5.56 Å². The molecule has 1 aromatic rings. The van der Waals surface area contributed by atoms with Crippen molar-refractivity contribution in [1.82, 2.24) is 9.55 Å². The van der Waals surface area contributed by atoms with E-state index in [1.54, 1.807) is 0 Å². The van der Waals surface area contributed by atoms with Gasteiger partial charge in [-0.15, -0.1) is 0 Å². The summed E-state index contributed by atoms with van der Waals surface area (Å²) in [5.74, 6) is -0.0224. The molecule has 0 fully saturated rings. The van der Waals surface area contributed by atoms with E-state index in [0.29, 0.717) is 12.0 Å². The molecule has 1 aromatic heterocycles. The normalized spacial score (nSPS) is 12.2. The summed E-state index contributed by atoms with van der Waals surface area (Å²) in [5.41, 5.74) is -0.788. The summed E-state index contributed by atoms with van der Waals surface area (Å²) in [7, 11) is 0. The zero-order valence-corrected chi connectivity index (χ0v) is 11.7. The maximum Gasteiger partial charge on any atom is 0.329 e.